The lowest BCUT2D eigenvalue weighted by Crippen LogP contribution is -2.50. The van der Waals surface area contributed by atoms with Crippen LogP contribution in [0.2, 0.25) is 5.02 Å². The van der Waals surface area contributed by atoms with Crippen molar-refractivity contribution in [1.29, 1.82) is 0 Å². The molecule has 0 fully saturated rings. The van der Waals surface area contributed by atoms with E-state index in [-0.39, 0.29) is 47.1 Å². The summed E-state index contributed by atoms with van der Waals surface area (Å²) in [5, 5.41) is 16.0. The van der Waals surface area contributed by atoms with E-state index in [4.69, 9.17) is 22.1 Å². The molecule has 3 aromatic carbocycles. The van der Waals surface area contributed by atoms with Crippen LogP contribution in [0.1, 0.15) is 50.2 Å². The first kappa shape index (κ1) is 35.8. The van der Waals surface area contributed by atoms with Crippen molar-refractivity contribution < 1.29 is 27.9 Å². The molecule has 2 atom stereocenters. The highest BCUT2D eigenvalue weighted by Gasteiger charge is 2.34. The van der Waals surface area contributed by atoms with Gasteiger partial charge in [-0.3, -0.25) is 4.79 Å². The van der Waals surface area contributed by atoms with Crippen LogP contribution in [-0.4, -0.2) is 68.7 Å². The molecule has 2 amide bonds. The minimum absolute atomic E-state index is 0.00112. The van der Waals surface area contributed by atoms with Crippen molar-refractivity contribution in [1.82, 2.24) is 14.9 Å². The number of nitrogens with two attached hydrogens (primary N) is 1. The minimum Gasteiger partial charge on any atom is -0.453 e. The number of halogens is 1. The molecular weight excluding hydrogens is 616 g/mol. The number of unbranched alkanes of at least 4 members (excludes halogenated alkanes) is 1. The van der Waals surface area contributed by atoms with Crippen LogP contribution in [0.4, 0.5) is 10.5 Å². The fourth-order valence-corrected chi connectivity index (χ4v) is 7.23. The summed E-state index contributed by atoms with van der Waals surface area (Å²) < 4.78 is 33.4. The lowest BCUT2D eigenvalue weighted by Gasteiger charge is -2.31. The van der Waals surface area contributed by atoms with E-state index in [9.17, 15) is 23.1 Å². The first-order valence-electron chi connectivity index (χ1n) is 14.9. The summed E-state index contributed by atoms with van der Waals surface area (Å²) in [6, 6.07) is 21.4. The van der Waals surface area contributed by atoms with E-state index in [2.05, 4.69) is 10.6 Å². The van der Waals surface area contributed by atoms with Crippen molar-refractivity contribution >= 4 is 39.3 Å². The van der Waals surface area contributed by atoms with Crippen LogP contribution in [-0.2, 0) is 19.6 Å². The molecule has 45 heavy (non-hydrogen) atoms. The van der Waals surface area contributed by atoms with Crippen molar-refractivity contribution in [3.63, 3.8) is 0 Å². The number of ether oxygens (including phenoxy) is 1. The predicted molar refractivity (Wildman–Crippen MR) is 176 cm³/mol. The molecule has 12 heteroatoms. The first-order chi connectivity index (χ1) is 21.5. The maximum Gasteiger partial charge on any atom is 0.407 e. The number of aliphatic hydroxyl groups excluding tert-OH is 1. The summed E-state index contributed by atoms with van der Waals surface area (Å²) in [5.74, 6) is -0.873. The lowest BCUT2D eigenvalue weighted by molar-refractivity contribution is -0.123. The zero-order chi connectivity index (χ0) is 33.0. The van der Waals surface area contributed by atoms with Gasteiger partial charge in [0, 0.05) is 25.0 Å². The van der Waals surface area contributed by atoms with E-state index in [0.29, 0.717) is 19.3 Å². The van der Waals surface area contributed by atoms with Crippen LogP contribution < -0.4 is 16.4 Å². The number of sulfonamides is 1. The topological polar surface area (TPSA) is 151 Å². The van der Waals surface area contributed by atoms with Gasteiger partial charge in [-0.1, -0.05) is 92.5 Å². The summed E-state index contributed by atoms with van der Waals surface area (Å²) in [6.07, 6.45) is 0.666. The average molecular weight is 659 g/mol. The van der Waals surface area contributed by atoms with Gasteiger partial charge in [0.2, 0.25) is 15.9 Å². The lowest BCUT2D eigenvalue weighted by atomic mass is 9.84. The number of anilines is 1. The van der Waals surface area contributed by atoms with E-state index < -0.39 is 34.1 Å². The van der Waals surface area contributed by atoms with Gasteiger partial charge >= 0.3 is 6.09 Å². The maximum atomic E-state index is 13.6. The predicted octanol–water partition coefficient (Wildman–Crippen LogP) is 4.77. The van der Waals surface area contributed by atoms with Gasteiger partial charge in [0.15, 0.2) is 0 Å². The number of carbonyl (C=O) groups is 2. The van der Waals surface area contributed by atoms with Crippen molar-refractivity contribution in [2.24, 2.45) is 5.92 Å². The summed E-state index contributed by atoms with van der Waals surface area (Å²) in [6.45, 7) is 3.91. The second-order valence-corrected chi connectivity index (χ2v) is 13.5. The van der Waals surface area contributed by atoms with Crippen molar-refractivity contribution in [2.75, 3.05) is 32.5 Å². The van der Waals surface area contributed by atoms with Gasteiger partial charge in [0.05, 0.1) is 29.3 Å². The van der Waals surface area contributed by atoms with E-state index in [0.717, 1.165) is 11.1 Å². The van der Waals surface area contributed by atoms with E-state index >= 15 is 0 Å². The van der Waals surface area contributed by atoms with Gasteiger partial charge in [0.25, 0.3) is 0 Å². The van der Waals surface area contributed by atoms with Crippen LogP contribution >= 0.6 is 11.6 Å². The SMILES string of the molecule is COC(=O)NC(C(=O)NCCCCC(CO)N(CC(C)C)S(=O)(=O)c1ccc(N)c(Cl)c1)C(c1ccccc1)c1ccccc1. The molecule has 0 aliphatic carbocycles. The van der Waals surface area contributed by atoms with Gasteiger partial charge in [-0.25, -0.2) is 13.2 Å². The monoisotopic (exact) mass is 658 g/mol. The van der Waals surface area contributed by atoms with Gasteiger partial charge < -0.3 is 26.2 Å². The number of rotatable bonds is 16. The number of alkyl carbamates (subject to hydrolysis) is 1. The minimum atomic E-state index is -3.98. The molecule has 0 saturated carbocycles. The Bertz CT molecular complexity index is 1450. The molecule has 2 unspecified atom stereocenters. The van der Waals surface area contributed by atoms with E-state index in [1.165, 1.54) is 29.6 Å². The molecule has 0 spiro atoms. The van der Waals surface area contributed by atoms with Crippen LogP contribution in [0.3, 0.4) is 0 Å². The number of aliphatic hydroxyl groups is 1. The number of hydrogen-bond donors (Lipinski definition) is 4. The number of nitrogens with zero attached hydrogens (tertiary/aromatic N) is 1. The quantitative estimate of drug-likeness (QED) is 0.128. The standard InChI is InChI=1S/C33H43ClN4O6S/c1-23(2)21-38(45(42,43)27-17-18-29(35)28(34)20-27)26(22-39)16-10-11-19-36-32(40)31(37-33(41)44-3)30(24-12-6-4-7-13-24)25-14-8-5-9-15-25/h4-9,12-15,17-18,20,23,26,30-31,39H,10-11,16,19,21-22,35H2,1-3H3,(H,36,40)(H,37,41). The number of nitrogens with one attached hydrogen (secondary N) is 2. The molecule has 0 radical (unpaired) electrons. The molecule has 5 N–H and O–H groups in total. The van der Waals surface area contributed by atoms with Crippen molar-refractivity contribution in [2.45, 2.75) is 56.0 Å². The zero-order valence-electron chi connectivity index (χ0n) is 25.9. The smallest absolute Gasteiger partial charge is 0.407 e. The summed E-state index contributed by atoms with van der Waals surface area (Å²) >= 11 is 6.11. The Kier molecular flexibility index (Phi) is 13.7. The largest absolute Gasteiger partial charge is 0.453 e. The zero-order valence-corrected chi connectivity index (χ0v) is 27.4. The molecule has 0 aromatic heterocycles. The molecule has 244 valence electrons. The number of amides is 2. The Morgan fingerprint density at radius 2 is 1.58 bits per heavy atom. The van der Waals surface area contributed by atoms with Crippen LogP contribution in [0.15, 0.2) is 83.8 Å². The highest BCUT2D eigenvalue weighted by molar-refractivity contribution is 7.89. The molecule has 10 nitrogen and oxygen atoms in total. The van der Waals surface area contributed by atoms with Crippen LogP contribution in [0, 0.1) is 5.92 Å². The normalized spacial score (nSPS) is 13.1. The fraction of sp³-hybridized carbons (Fsp3) is 0.394. The third-order valence-electron chi connectivity index (χ3n) is 7.40. The molecule has 3 aromatic rings. The third-order valence-corrected chi connectivity index (χ3v) is 9.64. The fourth-order valence-electron chi connectivity index (χ4n) is 5.14. The Morgan fingerprint density at radius 1 is 0.978 bits per heavy atom. The molecular formula is C33H43ClN4O6S. The molecule has 3 rings (SSSR count). The average Bonchev–Trinajstić information content (AvgIpc) is 3.03. The van der Waals surface area contributed by atoms with Crippen LogP contribution in [0.5, 0.6) is 0 Å². The highest BCUT2D eigenvalue weighted by atomic mass is 35.5. The molecule has 0 heterocycles. The third kappa shape index (κ3) is 9.92. The number of nitrogen functional groups attached to an aromatic ring is 1. The van der Waals surface area contributed by atoms with Gasteiger partial charge in [-0.15, -0.1) is 0 Å². The summed E-state index contributed by atoms with van der Waals surface area (Å²) in [4.78, 5) is 25.9. The number of methoxy groups -OCH3 is 1. The Hall–Kier alpha value is -3.64. The van der Waals surface area contributed by atoms with E-state index in [1.807, 2.05) is 74.5 Å². The number of carbonyl (C=O) groups excluding carboxylic acids is 2. The Labute approximate surface area is 271 Å². The van der Waals surface area contributed by atoms with Gasteiger partial charge in [-0.2, -0.15) is 4.31 Å². The second kappa shape index (κ2) is 17.2. The molecule has 0 bridgehead atoms. The van der Waals surface area contributed by atoms with Crippen molar-refractivity contribution in [3.8, 4) is 0 Å². The van der Waals surface area contributed by atoms with Crippen LogP contribution in [0.25, 0.3) is 0 Å². The van der Waals surface area contributed by atoms with Gasteiger partial charge in [0.1, 0.15) is 6.04 Å². The summed E-state index contributed by atoms with van der Waals surface area (Å²) in [7, 11) is -2.74. The van der Waals surface area contributed by atoms with Gasteiger partial charge in [-0.05, 0) is 48.1 Å². The molecule has 0 aliphatic rings. The second-order valence-electron chi connectivity index (χ2n) is 11.2. The van der Waals surface area contributed by atoms with E-state index in [1.54, 1.807) is 0 Å². The maximum absolute atomic E-state index is 13.6. The molecule has 0 aliphatic heterocycles. The summed E-state index contributed by atoms with van der Waals surface area (Å²) in [5.41, 5.74) is 7.75. The Balaban J connectivity index is 1.71. The van der Waals surface area contributed by atoms with Crippen molar-refractivity contribution in [3.05, 3.63) is 95.0 Å². The number of hydrogen-bond acceptors (Lipinski definition) is 7. The Morgan fingerprint density at radius 3 is 2.09 bits per heavy atom. The molecule has 0 saturated heterocycles. The highest BCUT2D eigenvalue weighted by Crippen LogP contribution is 2.29. The first-order valence-corrected chi connectivity index (χ1v) is 16.7. The number of benzene rings is 3.